The molecule has 0 aliphatic rings. The van der Waals surface area contributed by atoms with Crippen molar-refractivity contribution in [1.82, 2.24) is 29.5 Å². The van der Waals surface area contributed by atoms with E-state index in [1.54, 1.807) is 6.20 Å². The normalized spacial score (nSPS) is 12.0. The largest absolute Gasteiger partial charge is 0.499 e. The summed E-state index contributed by atoms with van der Waals surface area (Å²) in [6.07, 6.45) is 5.57. The van der Waals surface area contributed by atoms with Crippen LogP contribution in [0.3, 0.4) is 0 Å². The second-order valence-electron chi connectivity index (χ2n) is 17.6. The third-order valence-corrected chi connectivity index (χ3v) is 16.2. The number of hydrogen-bond donors (Lipinski definition) is 0. The van der Waals surface area contributed by atoms with E-state index in [0.717, 1.165) is 78.1 Å². The molecule has 9 heteroatoms. The maximum absolute atomic E-state index is 6.58. The Labute approximate surface area is 391 Å². The molecule has 0 N–H and O–H groups in total. The average molecular weight is 1080 g/mol. The van der Waals surface area contributed by atoms with Crippen molar-refractivity contribution < 1.29 is 24.5 Å². The number of para-hydroxylation sites is 1. The van der Waals surface area contributed by atoms with Crippen LogP contribution >= 0.6 is 0 Å². The van der Waals surface area contributed by atoms with E-state index >= 15 is 0 Å². The predicted molar refractivity (Wildman–Crippen MR) is 261 cm³/mol. The first-order valence-corrected chi connectivity index (χ1v) is 28.9. The molecule has 1 unspecified atom stereocenters. The molecule has 0 fully saturated rings. The number of aromatic nitrogens is 6. The van der Waals surface area contributed by atoms with Crippen molar-refractivity contribution in [3.05, 3.63) is 175 Å². The van der Waals surface area contributed by atoms with Gasteiger partial charge < -0.3 is 8.98 Å². The van der Waals surface area contributed by atoms with Crippen molar-refractivity contribution in [2.75, 3.05) is 0 Å². The summed E-state index contributed by atoms with van der Waals surface area (Å²) in [5.74, 6) is 8.60. The van der Waals surface area contributed by atoms with E-state index in [-0.39, 0.29) is 20.1 Å². The minimum atomic E-state index is -1.73. The average Bonchev–Trinajstić information content (AvgIpc) is 3.88. The Bertz CT molecular complexity index is 3150. The van der Waals surface area contributed by atoms with Gasteiger partial charge in [-0.2, -0.15) is 0 Å². The molecule has 10 aromatic rings. The van der Waals surface area contributed by atoms with Crippen molar-refractivity contribution in [1.29, 1.82) is 0 Å². The van der Waals surface area contributed by atoms with Gasteiger partial charge in [0.1, 0.15) is 0 Å². The van der Waals surface area contributed by atoms with E-state index in [4.69, 9.17) is 24.4 Å². The fourth-order valence-electron chi connectivity index (χ4n) is 7.98. The molecule has 4 aromatic carbocycles. The van der Waals surface area contributed by atoms with Crippen LogP contribution in [0.25, 0.3) is 83.8 Å². The van der Waals surface area contributed by atoms with E-state index in [9.17, 15) is 0 Å². The molecule has 64 heavy (non-hydrogen) atoms. The molecule has 0 saturated carbocycles. The first-order chi connectivity index (χ1) is 30.5. The molecule has 7 nitrogen and oxygen atoms in total. The first-order valence-electron chi connectivity index (χ1n) is 21.6. The van der Waals surface area contributed by atoms with Crippen LogP contribution in [-0.2, 0) is 20.1 Å². The number of fused-ring (bicyclic) bond motifs is 4. The summed E-state index contributed by atoms with van der Waals surface area (Å²) in [6, 6.07) is 50.8. The molecule has 6 heterocycles. The van der Waals surface area contributed by atoms with E-state index < -0.39 is 13.3 Å². The van der Waals surface area contributed by atoms with Gasteiger partial charge in [0.2, 0.25) is 5.71 Å². The zero-order valence-electron chi connectivity index (χ0n) is 37.4. The Morgan fingerprint density at radius 2 is 1.39 bits per heavy atom. The Hall–Kier alpha value is -6.06. The topological polar surface area (TPSA) is 82.5 Å². The van der Waals surface area contributed by atoms with Gasteiger partial charge in [-0.3, -0.25) is 15.0 Å². The summed E-state index contributed by atoms with van der Waals surface area (Å²) in [5.41, 5.74) is 15.0. The van der Waals surface area contributed by atoms with E-state index in [0.29, 0.717) is 29.0 Å². The van der Waals surface area contributed by atoms with Gasteiger partial charge in [0.05, 0.1) is 38.9 Å². The van der Waals surface area contributed by atoms with Gasteiger partial charge in [-0.1, -0.05) is 99.6 Å². The summed E-state index contributed by atoms with van der Waals surface area (Å²) in [7, 11) is 0. The van der Waals surface area contributed by atoms with Gasteiger partial charge in [-0.15, -0.1) is 11.6 Å². The Balaban J connectivity index is 0.000000262. The first kappa shape index (κ1) is 44.5. The smallest absolute Gasteiger partial charge is 0.215 e. The van der Waals surface area contributed by atoms with Gasteiger partial charge in [0.25, 0.3) is 0 Å². The molecular weight excluding hydrogens is 1030 g/mol. The van der Waals surface area contributed by atoms with Crippen LogP contribution in [0.15, 0.2) is 150 Å². The molecular formula is C55H50GeIrN6O-2. The molecule has 10 rings (SSSR count). The molecule has 0 amide bonds. The van der Waals surface area contributed by atoms with E-state index in [1.165, 1.54) is 9.96 Å². The van der Waals surface area contributed by atoms with Gasteiger partial charge in [0.15, 0.2) is 0 Å². The van der Waals surface area contributed by atoms with Crippen LogP contribution in [-0.4, -0.2) is 42.8 Å². The zero-order chi connectivity index (χ0) is 43.8. The molecule has 0 aliphatic carbocycles. The van der Waals surface area contributed by atoms with E-state index in [2.05, 4.69) is 170 Å². The minimum absolute atomic E-state index is 0. The number of pyridine rings is 4. The van der Waals surface area contributed by atoms with Crippen molar-refractivity contribution in [2.45, 2.75) is 57.8 Å². The van der Waals surface area contributed by atoms with Crippen molar-refractivity contribution >= 4 is 50.9 Å². The van der Waals surface area contributed by atoms with Gasteiger partial charge >= 0.3 is 106 Å². The molecule has 321 valence electrons. The third-order valence-electron chi connectivity index (χ3n) is 11.9. The van der Waals surface area contributed by atoms with Crippen LogP contribution in [0.1, 0.15) is 43.6 Å². The maximum atomic E-state index is 6.58. The predicted octanol–water partition coefficient (Wildman–Crippen LogP) is 13.4. The van der Waals surface area contributed by atoms with Gasteiger partial charge in [-0.05, 0) is 48.4 Å². The minimum Gasteiger partial charge on any atom is -0.499 e. The fourth-order valence-corrected chi connectivity index (χ4v) is 10.1. The molecule has 0 aliphatic heterocycles. The number of rotatable bonds is 8. The van der Waals surface area contributed by atoms with Crippen LogP contribution in [0, 0.1) is 31.9 Å². The molecule has 0 spiro atoms. The van der Waals surface area contributed by atoms with Crippen LogP contribution in [0.5, 0.6) is 0 Å². The summed E-state index contributed by atoms with van der Waals surface area (Å²) in [6.45, 7) is 10.7. The molecule has 0 saturated heterocycles. The number of imidazole rings is 1. The number of hydrogen-bond acceptors (Lipinski definition) is 6. The molecule has 0 bridgehead atoms. The third kappa shape index (κ3) is 8.75. The number of benzene rings is 4. The van der Waals surface area contributed by atoms with Gasteiger partial charge in [0, 0.05) is 54.9 Å². The summed E-state index contributed by atoms with van der Waals surface area (Å²) in [5, 5.41) is 0.875. The second kappa shape index (κ2) is 18.6. The Morgan fingerprint density at radius 3 is 2.00 bits per heavy atom. The molecule has 1 radical (unpaired) electrons. The number of furan rings is 1. The number of nitrogens with zero attached hydrogens (tertiary/aromatic N) is 6. The van der Waals surface area contributed by atoms with Crippen molar-refractivity contribution in [3.63, 3.8) is 0 Å². The van der Waals surface area contributed by atoms with E-state index in [1.807, 2.05) is 43.6 Å². The fraction of sp³-hybridized carbons (Fsp3) is 0.182. The SMILES string of the molecule is Cc1c[c-]c(-c2cc[c]([Ge]([CH3])([CH3])[CH3])cn2)cc1.Cc1nccc2nc(-c3[c-]cnc4c3oc3nc(C(C)C(C)C)ccc34)n(-c3c(-c4ccccc4)cccc3-c3ccccc3)c12.[Ir]. The Kier molecular flexibility index (Phi) is 12.9. The Morgan fingerprint density at radius 1 is 0.688 bits per heavy atom. The zero-order valence-corrected chi connectivity index (χ0v) is 41.9. The summed E-state index contributed by atoms with van der Waals surface area (Å²) < 4.78 is 10.3. The van der Waals surface area contributed by atoms with Crippen LogP contribution in [0.2, 0.25) is 17.3 Å². The molecule has 1 atom stereocenters. The van der Waals surface area contributed by atoms with Crippen LogP contribution in [0.4, 0.5) is 0 Å². The summed E-state index contributed by atoms with van der Waals surface area (Å²) >= 11 is -1.73. The maximum Gasteiger partial charge on any atom is 0.215 e. The molecule has 6 aromatic heterocycles. The monoisotopic (exact) mass is 1080 g/mol. The van der Waals surface area contributed by atoms with Crippen molar-refractivity contribution in [3.8, 4) is 50.6 Å². The van der Waals surface area contributed by atoms with Crippen LogP contribution < -0.4 is 4.40 Å². The second-order valence-corrected chi connectivity index (χ2v) is 28.3. The quantitative estimate of drug-likeness (QED) is 0.111. The number of aryl methyl sites for hydroxylation is 2. The van der Waals surface area contributed by atoms with Crippen molar-refractivity contribution in [2.24, 2.45) is 5.92 Å². The van der Waals surface area contributed by atoms with Gasteiger partial charge in [-0.25, -0.2) is 4.98 Å². The standard InChI is InChI=1S/C40H32N5O.C15H18GeN.Ir/c1-24(2)25(3)33-19-18-31-35-38(46-40(31)44-33)32(20-22-42-35)39-43-34-21-23-41-26(4)36(34)45(39)37-29(27-12-7-5-8-13-27)16-11-17-30(37)28-14-9-6-10-15-28;1-12-5-7-13(8-6-12)15-10-9-14(11-17-15)16(2,3)4;/h5-19,21-25H,1-4H3;5-7,9-11H,1-4H3;/q2*-1;. The summed E-state index contributed by atoms with van der Waals surface area (Å²) in [4.78, 5) is 24.2.